The fourth-order valence-electron chi connectivity index (χ4n) is 8.27. The van der Waals surface area contributed by atoms with E-state index in [4.69, 9.17) is 26.2 Å². The second kappa shape index (κ2) is 15.5. The SMILES string of the molecule is [2H]c1c([2H])c([2H])c(-c2cccc(-c3c([2H])c([2H])c([2H])c([2H])c3[2H])c2-[n+]2[c-]n(-c3cccc(Oc4ccc5c6cc(-c7ccccc7)ccc6n(-c6cc(C([2H])([2H])C)ccn6)c5c4)c3)c3cccc(C)c32)c([2H])c1[2H]. The molecule has 3 heterocycles. The largest absolute Gasteiger partial charge is 0.458 e. The van der Waals surface area contributed by atoms with E-state index >= 15 is 0 Å². The van der Waals surface area contributed by atoms with Gasteiger partial charge in [-0.3, -0.25) is 13.7 Å². The van der Waals surface area contributed by atoms with E-state index < -0.39 is 66.8 Å². The number of fused-ring (bicyclic) bond motifs is 4. The highest BCUT2D eigenvalue weighted by Crippen LogP contribution is 2.39. The maximum atomic E-state index is 9.06. The van der Waals surface area contributed by atoms with Gasteiger partial charge in [0.05, 0.1) is 47.1 Å². The molecule has 0 aliphatic rings. The van der Waals surface area contributed by atoms with Crippen molar-refractivity contribution in [2.45, 2.75) is 20.2 Å². The fourth-order valence-corrected chi connectivity index (χ4v) is 8.27. The molecule has 11 aromatic rings. The van der Waals surface area contributed by atoms with Crippen LogP contribution < -0.4 is 9.30 Å². The van der Waals surface area contributed by atoms with E-state index in [0.717, 1.165) is 38.5 Å². The zero-order valence-corrected chi connectivity index (χ0v) is 33.6. The first kappa shape index (κ1) is 26.2. The number of para-hydroxylation sites is 2. The summed E-state index contributed by atoms with van der Waals surface area (Å²) in [7, 11) is 0. The van der Waals surface area contributed by atoms with Crippen molar-refractivity contribution in [3.8, 4) is 62.1 Å². The normalized spacial score (nSPS) is 14.4. The summed E-state index contributed by atoms with van der Waals surface area (Å²) in [6.07, 6.45) is 3.47. The Morgan fingerprint density at radius 2 is 1.34 bits per heavy atom. The zero-order chi connectivity index (χ0) is 52.1. The van der Waals surface area contributed by atoms with E-state index in [9.17, 15) is 0 Å². The van der Waals surface area contributed by atoms with Crippen LogP contribution in [-0.2, 0) is 6.37 Å². The molecule has 62 heavy (non-hydrogen) atoms. The highest BCUT2D eigenvalue weighted by molar-refractivity contribution is 6.10. The van der Waals surface area contributed by atoms with Crippen LogP contribution in [0.1, 0.15) is 34.5 Å². The summed E-state index contributed by atoms with van der Waals surface area (Å²) in [5, 5.41) is 1.91. The second-order valence-corrected chi connectivity index (χ2v) is 14.8. The highest BCUT2D eigenvalue weighted by Gasteiger charge is 2.21. The van der Waals surface area contributed by atoms with E-state index in [1.165, 1.54) is 6.92 Å². The van der Waals surface area contributed by atoms with Gasteiger partial charge in [-0.15, -0.1) is 0 Å². The quantitative estimate of drug-likeness (QED) is 0.108. The Balaban J connectivity index is 1.09. The average molecular weight is 811 g/mol. The molecule has 5 heteroatoms. The number of ether oxygens (including phenoxy) is 1. The predicted molar refractivity (Wildman–Crippen MR) is 253 cm³/mol. The summed E-state index contributed by atoms with van der Waals surface area (Å²) in [5.74, 6) is 1.51. The van der Waals surface area contributed by atoms with Gasteiger partial charge in [-0.25, -0.2) is 4.98 Å². The molecule has 0 amide bonds. The number of rotatable bonds is 9. The third-order valence-electron chi connectivity index (χ3n) is 11.1. The molecule has 0 fully saturated rings. The Morgan fingerprint density at radius 1 is 0.613 bits per heavy atom. The number of nitrogens with zero attached hydrogens (tertiary/aromatic N) is 4. The summed E-state index contributed by atoms with van der Waals surface area (Å²) < 4.78 is 116. The number of hydrogen-bond acceptors (Lipinski definition) is 2. The third kappa shape index (κ3) is 6.52. The molecule has 296 valence electrons. The van der Waals surface area contributed by atoms with Crippen LogP contribution in [0.3, 0.4) is 0 Å². The first-order valence-corrected chi connectivity index (χ1v) is 20.0. The number of pyridine rings is 1. The summed E-state index contributed by atoms with van der Waals surface area (Å²) >= 11 is 0. The lowest BCUT2D eigenvalue weighted by Gasteiger charge is -2.17. The van der Waals surface area contributed by atoms with Crippen molar-refractivity contribution in [2.75, 3.05) is 0 Å². The maximum absolute atomic E-state index is 9.06. The Kier molecular flexibility index (Phi) is 6.58. The van der Waals surface area contributed by atoms with E-state index in [0.29, 0.717) is 39.6 Å². The van der Waals surface area contributed by atoms with Crippen LogP contribution in [0.4, 0.5) is 0 Å². The zero-order valence-electron chi connectivity index (χ0n) is 45.6. The molecule has 0 N–H and O–H groups in total. The van der Waals surface area contributed by atoms with Crippen LogP contribution in [0, 0.1) is 13.3 Å². The first-order chi connectivity index (χ1) is 35.4. The molecular formula is C57H42N4O. The lowest BCUT2D eigenvalue weighted by Crippen LogP contribution is -2.32. The molecule has 0 saturated carbocycles. The lowest BCUT2D eigenvalue weighted by molar-refractivity contribution is -0.571. The van der Waals surface area contributed by atoms with Gasteiger partial charge in [0.2, 0.25) is 0 Å². The molecule has 5 nitrogen and oxygen atoms in total. The molecule has 0 unspecified atom stereocenters. The Bertz CT molecular complexity index is 3980. The van der Waals surface area contributed by atoms with Gasteiger partial charge >= 0.3 is 0 Å². The molecule has 0 bridgehead atoms. The summed E-state index contributed by atoms with van der Waals surface area (Å²) in [6.45, 7) is 3.40. The summed E-state index contributed by atoms with van der Waals surface area (Å²) in [6, 6.07) is 38.1. The molecule has 3 aromatic heterocycles. The Morgan fingerprint density at radius 3 is 2.10 bits per heavy atom. The van der Waals surface area contributed by atoms with Crippen molar-refractivity contribution < 1.29 is 25.8 Å². The number of benzene rings is 8. The molecule has 0 radical (unpaired) electrons. The Labute approximate surface area is 377 Å². The van der Waals surface area contributed by atoms with E-state index in [2.05, 4.69) is 36.7 Å². The van der Waals surface area contributed by atoms with Crippen LogP contribution >= 0.6 is 0 Å². The van der Waals surface area contributed by atoms with Crippen molar-refractivity contribution in [1.29, 1.82) is 0 Å². The van der Waals surface area contributed by atoms with Gasteiger partial charge in [0.15, 0.2) is 0 Å². The molecule has 0 aliphatic carbocycles. The van der Waals surface area contributed by atoms with Crippen molar-refractivity contribution in [1.82, 2.24) is 14.1 Å². The fraction of sp³-hybridized carbons (Fsp3) is 0.0526. The van der Waals surface area contributed by atoms with Gasteiger partial charge in [0, 0.05) is 25.8 Å². The summed E-state index contributed by atoms with van der Waals surface area (Å²) in [5.41, 5.74) is 6.98. The van der Waals surface area contributed by atoms with Gasteiger partial charge in [0.1, 0.15) is 17.3 Å². The standard InChI is InChI=1S/C57H42N4O/c1-3-40-32-33-58-55(34-40)61-52-31-28-44(41-17-7-4-8-18-41)35-51(52)50-30-29-47(37-54(50)61)62-46-24-14-23-45(36-46)59-38-60(56-39(2)16-13-27-53(56)59)57-48(42-19-9-5-10-20-42)25-15-26-49(57)43-21-11-6-12-22-43/h4-37H,3H2,1-2H3/i3D2,5D,6D,9D,10D,11D,12D,19D,20D,21D,22D. The van der Waals surface area contributed by atoms with Crippen LogP contribution in [0.2, 0.25) is 0 Å². The number of hydrogen-bond donors (Lipinski definition) is 0. The number of aromatic nitrogens is 4. The number of aryl methyl sites for hydroxylation is 2. The van der Waals surface area contributed by atoms with Gasteiger partial charge in [0.25, 0.3) is 6.33 Å². The molecule has 0 atom stereocenters. The lowest BCUT2D eigenvalue weighted by atomic mass is 9.95. The average Bonchev–Trinajstić information content (AvgIpc) is 3.95. The molecular weight excluding hydrogens is 757 g/mol. The highest BCUT2D eigenvalue weighted by atomic mass is 16.5. The van der Waals surface area contributed by atoms with E-state index in [1.807, 2.05) is 90.4 Å². The molecule has 0 spiro atoms. The number of imidazole rings is 1. The van der Waals surface area contributed by atoms with Gasteiger partial charge in [-0.05, 0) is 112 Å². The third-order valence-corrected chi connectivity index (χ3v) is 11.1. The van der Waals surface area contributed by atoms with Crippen molar-refractivity contribution in [3.63, 3.8) is 0 Å². The minimum Gasteiger partial charge on any atom is -0.458 e. The Hall–Kier alpha value is -8.02. The van der Waals surface area contributed by atoms with Gasteiger partial charge in [-0.1, -0.05) is 146 Å². The smallest absolute Gasteiger partial charge is 0.269 e. The van der Waals surface area contributed by atoms with Crippen LogP contribution in [0.5, 0.6) is 11.5 Å². The molecule has 0 saturated heterocycles. The minimum atomic E-state index is -1.61. The molecule has 8 aromatic carbocycles. The van der Waals surface area contributed by atoms with Crippen LogP contribution in [0.25, 0.3) is 83.4 Å². The van der Waals surface area contributed by atoms with Crippen molar-refractivity contribution in [2.24, 2.45) is 0 Å². The van der Waals surface area contributed by atoms with Crippen molar-refractivity contribution in [3.05, 3.63) is 224 Å². The topological polar surface area (TPSA) is 35.9 Å². The monoisotopic (exact) mass is 810 g/mol. The molecule has 11 rings (SSSR count). The molecule has 0 aliphatic heterocycles. The second-order valence-electron chi connectivity index (χ2n) is 14.8. The first-order valence-electron chi connectivity index (χ1n) is 26.0. The van der Waals surface area contributed by atoms with Crippen LogP contribution in [-0.4, -0.2) is 14.1 Å². The maximum Gasteiger partial charge on any atom is 0.269 e. The van der Waals surface area contributed by atoms with E-state index in [1.54, 1.807) is 45.7 Å². The van der Waals surface area contributed by atoms with Crippen LogP contribution in [0.15, 0.2) is 206 Å². The van der Waals surface area contributed by atoms with Gasteiger partial charge < -0.3 is 4.74 Å². The summed E-state index contributed by atoms with van der Waals surface area (Å²) in [4.78, 5) is 4.74. The van der Waals surface area contributed by atoms with Crippen molar-refractivity contribution >= 4 is 32.8 Å². The minimum absolute atomic E-state index is 0.145. The van der Waals surface area contributed by atoms with E-state index in [-0.39, 0.29) is 27.9 Å². The van der Waals surface area contributed by atoms with Gasteiger partial charge in [-0.2, -0.15) is 0 Å². The predicted octanol–water partition coefficient (Wildman–Crippen LogP) is 13.9.